The van der Waals surface area contributed by atoms with Gasteiger partial charge >= 0.3 is 0 Å². The van der Waals surface area contributed by atoms with Gasteiger partial charge in [-0.15, -0.1) is 0 Å². The minimum Gasteiger partial charge on any atom is -0.467 e. The predicted molar refractivity (Wildman–Crippen MR) is 123 cm³/mol. The van der Waals surface area contributed by atoms with Crippen molar-refractivity contribution in [1.29, 1.82) is 0 Å². The SMILES string of the molecule is O=c1c2ccccc2nc(SCc2cc(Cl)cc3c2OCOC3)n1Cc1ccccc1. The normalized spacial score (nSPS) is 13.1. The van der Waals surface area contributed by atoms with Gasteiger partial charge in [-0.2, -0.15) is 0 Å². The third-order valence-corrected chi connectivity index (χ3v) is 6.36. The van der Waals surface area contributed by atoms with Gasteiger partial charge in [-0.1, -0.05) is 65.8 Å². The van der Waals surface area contributed by atoms with E-state index in [4.69, 9.17) is 26.1 Å². The number of thioether (sulfide) groups is 1. The van der Waals surface area contributed by atoms with E-state index in [1.54, 1.807) is 4.57 Å². The zero-order valence-electron chi connectivity index (χ0n) is 16.6. The first-order valence-electron chi connectivity index (χ1n) is 9.87. The molecule has 2 heterocycles. The van der Waals surface area contributed by atoms with Crippen LogP contribution in [0.1, 0.15) is 16.7 Å². The molecule has 0 bridgehead atoms. The van der Waals surface area contributed by atoms with Crippen LogP contribution in [-0.2, 0) is 23.6 Å². The molecular formula is C24H19ClN2O3S. The number of hydrogen-bond donors (Lipinski definition) is 0. The van der Waals surface area contributed by atoms with Gasteiger partial charge in [0.05, 0.1) is 24.1 Å². The summed E-state index contributed by atoms with van der Waals surface area (Å²) in [4.78, 5) is 18.1. The highest BCUT2D eigenvalue weighted by atomic mass is 35.5. The number of hydrogen-bond acceptors (Lipinski definition) is 5. The van der Waals surface area contributed by atoms with E-state index >= 15 is 0 Å². The van der Waals surface area contributed by atoms with E-state index in [0.29, 0.717) is 40.0 Å². The maximum Gasteiger partial charge on any atom is 0.262 e. The summed E-state index contributed by atoms with van der Waals surface area (Å²) in [6.07, 6.45) is 0. The van der Waals surface area contributed by atoms with Crippen molar-refractivity contribution in [2.75, 3.05) is 6.79 Å². The van der Waals surface area contributed by atoms with Crippen LogP contribution in [0.5, 0.6) is 5.75 Å². The third-order valence-electron chi connectivity index (χ3n) is 5.12. The first-order valence-corrected chi connectivity index (χ1v) is 11.2. The van der Waals surface area contributed by atoms with Gasteiger partial charge in [0.25, 0.3) is 5.56 Å². The predicted octanol–water partition coefficient (Wildman–Crippen LogP) is 5.26. The van der Waals surface area contributed by atoms with Crippen LogP contribution >= 0.6 is 23.4 Å². The van der Waals surface area contributed by atoms with Crippen LogP contribution in [0.2, 0.25) is 5.02 Å². The van der Waals surface area contributed by atoms with Gasteiger partial charge in [0.2, 0.25) is 0 Å². The van der Waals surface area contributed by atoms with Crippen molar-refractivity contribution in [2.24, 2.45) is 0 Å². The second-order valence-electron chi connectivity index (χ2n) is 7.24. The Bertz CT molecular complexity index is 1310. The maximum atomic E-state index is 13.3. The molecule has 5 rings (SSSR count). The smallest absolute Gasteiger partial charge is 0.262 e. The number of nitrogens with zero attached hydrogens (tertiary/aromatic N) is 2. The number of benzene rings is 3. The van der Waals surface area contributed by atoms with Gasteiger partial charge in [0.1, 0.15) is 5.75 Å². The molecule has 0 saturated heterocycles. The molecule has 156 valence electrons. The summed E-state index contributed by atoms with van der Waals surface area (Å²) in [5, 5.41) is 1.91. The molecule has 0 unspecified atom stereocenters. The fourth-order valence-electron chi connectivity index (χ4n) is 3.67. The van der Waals surface area contributed by atoms with Crippen molar-refractivity contribution in [3.05, 3.63) is 98.8 Å². The molecule has 7 heteroatoms. The standard InChI is InChI=1S/C24H19ClN2O3S/c25-19-10-17-13-29-15-30-22(17)18(11-19)14-31-24-26-21-9-5-4-8-20(21)23(28)27(24)12-16-6-2-1-3-7-16/h1-11H,12-15H2. The lowest BCUT2D eigenvalue weighted by Crippen LogP contribution is -2.24. The molecule has 1 aliphatic heterocycles. The van der Waals surface area contributed by atoms with Crippen LogP contribution < -0.4 is 10.3 Å². The lowest BCUT2D eigenvalue weighted by molar-refractivity contribution is -0.0168. The molecule has 0 saturated carbocycles. The van der Waals surface area contributed by atoms with Crippen molar-refractivity contribution in [3.8, 4) is 5.75 Å². The summed E-state index contributed by atoms with van der Waals surface area (Å²) in [5.74, 6) is 1.38. The highest BCUT2D eigenvalue weighted by Crippen LogP contribution is 2.35. The summed E-state index contributed by atoms with van der Waals surface area (Å²) in [7, 11) is 0. The second kappa shape index (κ2) is 8.75. The van der Waals surface area contributed by atoms with Gasteiger partial charge in [-0.3, -0.25) is 9.36 Å². The monoisotopic (exact) mass is 450 g/mol. The Morgan fingerprint density at radius 3 is 2.74 bits per heavy atom. The molecule has 5 nitrogen and oxygen atoms in total. The summed E-state index contributed by atoms with van der Waals surface area (Å²) in [6, 6.07) is 21.1. The van der Waals surface area contributed by atoms with E-state index in [-0.39, 0.29) is 12.4 Å². The van der Waals surface area contributed by atoms with E-state index in [9.17, 15) is 4.79 Å². The Morgan fingerprint density at radius 2 is 1.87 bits per heavy atom. The number of ether oxygens (including phenoxy) is 2. The highest BCUT2D eigenvalue weighted by Gasteiger charge is 2.18. The molecule has 0 spiro atoms. The lowest BCUT2D eigenvalue weighted by atomic mass is 10.1. The van der Waals surface area contributed by atoms with E-state index in [1.807, 2.05) is 66.7 Å². The average Bonchev–Trinajstić information content (AvgIpc) is 2.80. The van der Waals surface area contributed by atoms with Crippen LogP contribution in [-0.4, -0.2) is 16.3 Å². The van der Waals surface area contributed by atoms with E-state index in [0.717, 1.165) is 22.4 Å². The fraction of sp³-hybridized carbons (Fsp3) is 0.167. The van der Waals surface area contributed by atoms with Crippen molar-refractivity contribution in [2.45, 2.75) is 24.1 Å². The lowest BCUT2D eigenvalue weighted by Gasteiger charge is -2.21. The van der Waals surface area contributed by atoms with E-state index in [1.165, 1.54) is 11.8 Å². The van der Waals surface area contributed by atoms with E-state index in [2.05, 4.69) is 0 Å². The fourth-order valence-corrected chi connectivity index (χ4v) is 4.90. The molecule has 0 amide bonds. The Hall–Kier alpha value is -2.80. The number of para-hydroxylation sites is 1. The molecule has 0 aliphatic carbocycles. The van der Waals surface area contributed by atoms with Gasteiger partial charge in [-0.05, 0) is 29.8 Å². The topological polar surface area (TPSA) is 53.4 Å². The van der Waals surface area contributed by atoms with Crippen molar-refractivity contribution in [3.63, 3.8) is 0 Å². The number of halogens is 1. The van der Waals surface area contributed by atoms with E-state index < -0.39 is 0 Å². The van der Waals surface area contributed by atoms with Crippen LogP contribution in [0.3, 0.4) is 0 Å². The Morgan fingerprint density at radius 1 is 1.06 bits per heavy atom. The van der Waals surface area contributed by atoms with Crippen LogP contribution in [0.4, 0.5) is 0 Å². The number of rotatable bonds is 5. The Balaban J connectivity index is 1.54. The minimum atomic E-state index is -0.0465. The van der Waals surface area contributed by atoms with Gasteiger partial charge in [0.15, 0.2) is 11.9 Å². The molecule has 0 atom stereocenters. The van der Waals surface area contributed by atoms with Crippen LogP contribution in [0, 0.1) is 0 Å². The third kappa shape index (κ3) is 4.19. The summed E-state index contributed by atoms with van der Waals surface area (Å²) in [5.41, 5.74) is 3.59. The molecule has 0 radical (unpaired) electrons. The molecule has 0 fully saturated rings. The zero-order valence-corrected chi connectivity index (χ0v) is 18.2. The summed E-state index contributed by atoms with van der Waals surface area (Å²) < 4.78 is 12.8. The summed E-state index contributed by atoms with van der Waals surface area (Å²) in [6.45, 7) is 1.15. The molecule has 1 aliphatic rings. The number of fused-ring (bicyclic) bond motifs is 2. The first-order chi connectivity index (χ1) is 15.2. The molecule has 4 aromatic rings. The molecule has 31 heavy (non-hydrogen) atoms. The number of aromatic nitrogens is 2. The zero-order chi connectivity index (χ0) is 21.2. The molecule has 3 aromatic carbocycles. The van der Waals surface area contributed by atoms with Crippen molar-refractivity contribution < 1.29 is 9.47 Å². The quantitative estimate of drug-likeness (QED) is 0.307. The summed E-state index contributed by atoms with van der Waals surface area (Å²) >= 11 is 7.82. The van der Waals surface area contributed by atoms with Gasteiger partial charge in [0, 0.05) is 21.9 Å². The molecular weight excluding hydrogens is 432 g/mol. The van der Waals surface area contributed by atoms with Gasteiger partial charge in [-0.25, -0.2) is 4.98 Å². The Kier molecular flexibility index (Phi) is 5.68. The maximum absolute atomic E-state index is 13.3. The van der Waals surface area contributed by atoms with Crippen LogP contribution in [0.15, 0.2) is 76.7 Å². The van der Waals surface area contributed by atoms with Crippen molar-refractivity contribution in [1.82, 2.24) is 9.55 Å². The van der Waals surface area contributed by atoms with Crippen molar-refractivity contribution >= 4 is 34.3 Å². The largest absolute Gasteiger partial charge is 0.467 e. The highest BCUT2D eigenvalue weighted by molar-refractivity contribution is 7.98. The molecule has 0 N–H and O–H groups in total. The Labute approximate surface area is 188 Å². The second-order valence-corrected chi connectivity index (χ2v) is 8.62. The average molecular weight is 451 g/mol. The van der Waals surface area contributed by atoms with Crippen LogP contribution in [0.25, 0.3) is 10.9 Å². The first kappa shape index (κ1) is 20.1. The molecule has 1 aromatic heterocycles. The minimum absolute atomic E-state index is 0.0465. The van der Waals surface area contributed by atoms with Gasteiger partial charge < -0.3 is 9.47 Å².